The summed E-state index contributed by atoms with van der Waals surface area (Å²) in [5, 5.41) is 3.13. The molecule has 2 fully saturated rings. The van der Waals surface area contributed by atoms with Gasteiger partial charge in [-0.15, -0.1) is 0 Å². The summed E-state index contributed by atoms with van der Waals surface area (Å²) in [6, 6.07) is -0.0699. The van der Waals surface area contributed by atoms with Gasteiger partial charge in [-0.2, -0.15) is 0 Å². The van der Waals surface area contributed by atoms with Crippen LogP contribution in [0.3, 0.4) is 0 Å². The summed E-state index contributed by atoms with van der Waals surface area (Å²) in [4.78, 5) is 12.4. The van der Waals surface area contributed by atoms with Gasteiger partial charge >= 0.3 is 0 Å². The Morgan fingerprint density at radius 2 is 2.16 bits per heavy atom. The molecule has 0 aromatic rings. The minimum Gasteiger partial charge on any atom is -0.379 e. The molecule has 1 saturated heterocycles. The average Bonchev–Trinajstić information content (AvgIpc) is 2.69. The van der Waals surface area contributed by atoms with Crippen LogP contribution in [0.2, 0.25) is 0 Å². The Kier molecular flexibility index (Phi) is 3.91. The Hall–Kier alpha value is -0.650. The molecule has 0 radical (unpaired) electrons. The van der Waals surface area contributed by atoms with E-state index in [-0.39, 0.29) is 29.5 Å². The fourth-order valence-corrected chi connectivity index (χ4v) is 2.86. The number of ether oxygens (including phenoxy) is 2. The van der Waals surface area contributed by atoms with Crippen LogP contribution in [0.25, 0.3) is 0 Å². The second-order valence-corrected chi connectivity index (χ2v) is 6.57. The van der Waals surface area contributed by atoms with Crippen LogP contribution in [0.15, 0.2) is 0 Å². The molecule has 1 heterocycles. The van der Waals surface area contributed by atoms with Crippen LogP contribution >= 0.6 is 0 Å². The summed E-state index contributed by atoms with van der Waals surface area (Å²) in [6.45, 7) is 9.72. The van der Waals surface area contributed by atoms with Gasteiger partial charge in [-0.05, 0) is 20.3 Å². The van der Waals surface area contributed by atoms with Crippen LogP contribution in [0, 0.1) is 10.8 Å². The minimum absolute atomic E-state index is 0.00511. The number of rotatable bonds is 4. The summed E-state index contributed by atoms with van der Waals surface area (Å²) in [5.41, 5.74) is 5.35. The summed E-state index contributed by atoms with van der Waals surface area (Å²) in [5.74, 6) is 0.00511. The van der Waals surface area contributed by atoms with Crippen molar-refractivity contribution in [2.45, 2.75) is 52.3 Å². The van der Waals surface area contributed by atoms with Gasteiger partial charge in [0, 0.05) is 24.1 Å². The van der Waals surface area contributed by atoms with Gasteiger partial charge in [0.1, 0.15) is 0 Å². The number of amides is 1. The van der Waals surface area contributed by atoms with E-state index in [4.69, 9.17) is 15.2 Å². The highest BCUT2D eigenvalue weighted by molar-refractivity contribution is 5.84. The van der Waals surface area contributed by atoms with E-state index in [1.807, 2.05) is 13.8 Å². The first-order valence-corrected chi connectivity index (χ1v) is 7.08. The van der Waals surface area contributed by atoms with Crippen molar-refractivity contribution < 1.29 is 14.3 Å². The maximum Gasteiger partial charge on any atom is 0.230 e. The molecule has 0 spiro atoms. The lowest BCUT2D eigenvalue weighted by atomic mass is 9.64. The van der Waals surface area contributed by atoms with Crippen molar-refractivity contribution >= 4 is 5.91 Å². The number of hydrogen-bond donors (Lipinski definition) is 2. The highest BCUT2D eigenvalue weighted by atomic mass is 16.5. The first-order valence-electron chi connectivity index (χ1n) is 7.08. The van der Waals surface area contributed by atoms with Gasteiger partial charge in [0.2, 0.25) is 5.91 Å². The molecule has 0 bridgehead atoms. The molecule has 2 rings (SSSR count). The van der Waals surface area contributed by atoms with Crippen molar-refractivity contribution in [3.63, 3.8) is 0 Å². The normalized spacial score (nSPS) is 40.8. The van der Waals surface area contributed by atoms with Gasteiger partial charge in [-0.1, -0.05) is 13.8 Å². The number of nitrogens with one attached hydrogen (secondary N) is 1. The molecule has 1 aliphatic carbocycles. The van der Waals surface area contributed by atoms with E-state index in [2.05, 4.69) is 19.2 Å². The SMILES string of the molecule is CCOC1CC(NC(=O)C2(C)COCC2N)C1(C)C. The molecular formula is C14H26N2O3. The summed E-state index contributed by atoms with van der Waals surface area (Å²) in [7, 11) is 0. The van der Waals surface area contributed by atoms with Gasteiger partial charge in [0.25, 0.3) is 0 Å². The van der Waals surface area contributed by atoms with Crippen LogP contribution in [-0.2, 0) is 14.3 Å². The topological polar surface area (TPSA) is 73.6 Å². The summed E-state index contributed by atoms with van der Waals surface area (Å²) >= 11 is 0. The molecule has 4 unspecified atom stereocenters. The first kappa shape index (κ1) is 14.8. The van der Waals surface area contributed by atoms with E-state index in [0.717, 1.165) is 6.42 Å². The maximum absolute atomic E-state index is 12.4. The molecule has 19 heavy (non-hydrogen) atoms. The van der Waals surface area contributed by atoms with Crippen LogP contribution in [0.1, 0.15) is 34.1 Å². The van der Waals surface area contributed by atoms with Crippen molar-refractivity contribution in [3.8, 4) is 0 Å². The fourth-order valence-electron chi connectivity index (χ4n) is 2.86. The first-order chi connectivity index (χ1) is 8.82. The van der Waals surface area contributed by atoms with E-state index < -0.39 is 5.41 Å². The zero-order valence-corrected chi connectivity index (χ0v) is 12.4. The predicted molar refractivity (Wildman–Crippen MR) is 72.6 cm³/mol. The van der Waals surface area contributed by atoms with Crippen LogP contribution in [-0.4, -0.2) is 43.9 Å². The molecule has 2 aliphatic rings. The van der Waals surface area contributed by atoms with Crippen molar-refractivity contribution in [2.24, 2.45) is 16.6 Å². The van der Waals surface area contributed by atoms with Crippen LogP contribution in [0.5, 0.6) is 0 Å². The molecule has 0 aromatic heterocycles. The second-order valence-electron chi connectivity index (χ2n) is 6.57. The Labute approximate surface area is 115 Å². The maximum atomic E-state index is 12.4. The third kappa shape index (κ3) is 2.39. The molecule has 5 heteroatoms. The molecule has 5 nitrogen and oxygen atoms in total. The molecule has 1 aliphatic heterocycles. The largest absolute Gasteiger partial charge is 0.379 e. The lowest BCUT2D eigenvalue weighted by molar-refractivity contribution is -0.144. The molecule has 1 amide bonds. The van der Waals surface area contributed by atoms with Gasteiger partial charge in [0.15, 0.2) is 0 Å². The highest BCUT2D eigenvalue weighted by Crippen LogP contribution is 2.43. The van der Waals surface area contributed by atoms with E-state index in [1.165, 1.54) is 0 Å². The second kappa shape index (κ2) is 5.04. The Morgan fingerprint density at radius 1 is 1.47 bits per heavy atom. The van der Waals surface area contributed by atoms with Gasteiger partial charge < -0.3 is 20.5 Å². The number of carbonyl (C=O) groups excluding carboxylic acids is 1. The lowest BCUT2D eigenvalue weighted by Gasteiger charge is -2.52. The quantitative estimate of drug-likeness (QED) is 0.787. The fraction of sp³-hybridized carbons (Fsp3) is 0.929. The molecule has 0 aromatic carbocycles. The molecule has 1 saturated carbocycles. The van der Waals surface area contributed by atoms with Crippen molar-refractivity contribution in [1.82, 2.24) is 5.32 Å². The predicted octanol–water partition coefficient (Wildman–Crippen LogP) is 0.670. The number of hydrogen-bond acceptors (Lipinski definition) is 4. The molecular weight excluding hydrogens is 244 g/mol. The molecule has 3 N–H and O–H groups in total. The summed E-state index contributed by atoms with van der Waals surface area (Å²) < 4.78 is 11.0. The Balaban J connectivity index is 1.94. The van der Waals surface area contributed by atoms with E-state index >= 15 is 0 Å². The van der Waals surface area contributed by atoms with E-state index in [9.17, 15) is 4.79 Å². The van der Waals surface area contributed by atoms with Gasteiger partial charge in [-0.25, -0.2) is 0 Å². The lowest BCUT2D eigenvalue weighted by Crippen LogP contribution is -2.64. The monoisotopic (exact) mass is 270 g/mol. The zero-order valence-electron chi connectivity index (χ0n) is 12.4. The standard InChI is InChI=1S/C14H26N2O3/c1-5-19-11-6-10(13(11,2)3)16-12(17)14(4)8-18-7-9(14)15/h9-11H,5-8,15H2,1-4H3,(H,16,17). The van der Waals surface area contributed by atoms with Crippen LogP contribution in [0.4, 0.5) is 0 Å². The average molecular weight is 270 g/mol. The smallest absolute Gasteiger partial charge is 0.230 e. The molecule has 4 atom stereocenters. The molecule has 110 valence electrons. The zero-order chi connectivity index (χ0) is 14.3. The third-order valence-corrected chi connectivity index (χ3v) is 4.89. The third-order valence-electron chi connectivity index (χ3n) is 4.89. The van der Waals surface area contributed by atoms with Gasteiger partial charge in [-0.3, -0.25) is 4.79 Å². The van der Waals surface area contributed by atoms with Crippen molar-refractivity contribution in [3.05, 3.63) is 0 Å². The minimum atomic E-state index is -0.604. The van der Waals surface area contributed by atoms with E-state index in [0.29, 0.717) is 19.8 Å². The number of nitrogens with two attached hydrogens (primary N) is 1. The van der Waals surface area contributed by atoms with Crippen LogP contribution < -0.4 is 11.1 Å². The Morgan fingerprint density at radius 3 is 2.63 bits per heavy atom. The van der Waals surface area contributed by atoms with Gasteiger partial charge in [0.05, 0.1) is 24.7 Å². The van der Waals surface area contributed by atoms with Crippen molar-refractivity contribution in [1.29, 1.82) is 0 Å². The number of carbonyl (C=O) groups is 1. The summed E-state index contributed by atoms with van der Waals surface area (Å²) in [6.07, 6.45) is 1.10. The Bertz CT molecular complexity index is 359. The van der Waals surface area contributed by atoms with Crippen molar-refractivity contribution in [2.75, 3.05) is 19.8 Å². The van der Waals surface area contributed by atoms with E-state index in [1.54, 1.807) is 0 Å². The highest BCUT2D eigenvalue weighted by Gasteiger charge is 2.52.